The molecule has 2 unspecified atom stereocenters. The topological polar surface area (TPSA) is 32.7 Å². The molecular weight excluding hydrogens is 202 g/mol. The number of nitrogens with zero attached hydrogens (tertiary/aromatic N) is 1. The maximum atomic E-state index is 10.2. The van der Waals surface area contributed by atoms with Crippen molar-refractivity contribution < 1.29 is 9.84 Å². The number of hydrogen-bond donors (Lipinski definition) is 1. The summed E-state index contributed by atoms with van der Waals surface area (Å²) >= 11 is 0. The van der Waals surface area contributed by atoms with Gasteiger partial charge in [-0.15, -0.1) is 0 Å². The average molecular weight is 229 g/mol. The molecule has 0 aromatic carbocycles. The first-order valence-corrected chi connectivity index (χ1v) is 6.45. The molecule has 3 heteroatoms. The van der Waals surface area contributed by atoms with E-state index < -0.39 is 5.60 Å². The summed E-state index contributed by atoms with van der Waals surface area (Å²) in [5.41, 5.74) is -0.573. The van der Waals surface area contributed by atoms with E-state index in [9.17, 15) is 5.11 Å². The van der Waals surface area contributed by atoms with Gasteiger partial charge in [-0.25, -0.2) is 0 Å². The maximum Gasteiger partial charge on any atom is 0.0743 e. The molecule has 1 aliphatic rings. The lowest BCUT2D eigenvalue weighted by Crippen LogP contribution is -2.46. The van der Waals surface area contributed by atoms with Crippen molar-refractivity contribution in [2.24, 2.45) is 5.92 Å². The Hall–Kier alpha value is -0.120. The fourth-order valence-electron chi connectivity index (χ4n) is 2.06. The Labute approximate surface area is 99.8 Å². The normalized spacial score (nSPS) is 22.1. The lowest BCUT2D eigenvalue weighted by molar-refractivity contribution is -0.00543. The molecule has 16 heavy (non-hydrogen) atoms. The Kier molecular flexibility index (Phi) is 5.22. The van der Waals surface area contributed by atoms with Crippen molar-refractivity contribution in [2.75, 3.05) is 26.8 Å². The van der Waals surface area contributed by atoms with Crippen molar-refractivity contribution >= 4 is 0 Å². The third-order valence-electron chi connectivity index (χ3n) is 3.77. The molecule has 1 aliphatic carbocycles. The molecule has 0 saturated heterocycles. The van der Waals surface area contributed by atoms with Gasteiger partial charge in [0.1, 0.15) is 0 Å². The molecular formula is C13H27NO2. The van der Waals surface area contributed by atoms with Crippen LogP contribution in [-0.2, 0) is 4.74 Å². The van der Waals surface area contributed by atoms with E-state index in [0.29, 0.717) is 6.04 Å². The van der Waals surface area contributed by atoms with E-state index in [-0.39, 0.29) is 0 Å². The van der Waals surface area contributed by atoms with Crippen molar-refractivity contribution in [3.8, 4) is 0 Å². The Morgan fingerprint density at radius 3 is 2.56 bits per heavy atom. The van der Waals surface area contributed by atoms with Gasteiger partial charge in [-0.1, -0.05) is 6.92 Å². The van der Waals surface area contributed by atoms with E-state index in [1.165, 1.54) is 12.8 Å². The van der Waals surface area contributed by atoms with E-state index in [2.05, 4.69) is 11.8 Å². The molecule has 1 rings (SSSR count). The van der Waals surface area contributed by atoms with Crippen LogP contribution in [0.5, 0.6) is 0 Å². The van der Waals surface area contributed by atoms with E-state index in [0.717, 1.165) is 32.0 Å². The van der Waals surface area contributed by atoms with Gasteiger partial charge >= 0.3 is 0 Å². The van der Waals surface area contributed by atoms with Crippen molar-refractivity contribution in [1.82, 2.24) is 4.90 Å². The quantitative estimate of drug-likeness (QED) is 0.690. The molecule has 0 aliphatic heterocycles. The van der Waals surface area contributed by atoms with Crippen LogP contribution in [0.3, 0.4) is 0 Å². The van der Waals surface area contributed by atoms with Crippen LogP contribution in [0.25, 0.3) is 0 Å². The molecule has 0 radical (unpaired) electrons. The smallest absolute Gasteiger partial charge is 0.0743 e. The number of ether oxygens (including phenoxy) is 1. The summed E-state index contributed by atoms with van der Waals surface area (Å²) in [7, 11) is 1.73. The Bertz CT molecular complexity index is 202. The first kappa shape index (κ1) is 13.9. The predicted molar refractivity (Wildman–Crippen MR) is 66.5 cm³/mol. The van der Waals surface area contributed by atoms with E-state index >= 15 is 0 Å². The highest BCUT2D eigenvalue weighted by molar-refractivity contribution is 4.88. The minimum atomic E-state index is -0.573. The predicted octanol–water partition coefficient (Wildman–Crippen LogP) is 1.89. The summed E-state index contributed by atoms with van der Waals surface area (Å²) in [4.78, 5) is 2.38. The Morgan fingerprint density at radius 2 is 2.12 bits per heavy atom. The molecule has 0 spiro atoms. The molecule has 0 amide bonds. The summed E-state index contributed by atoms with van der Waals surface area (Å²) in [6.45, 7) is 8.66. The Morgan fingerprint density at radius 1 is 1.50 bits per heavy atom. The van der Waals surface area contributed by atoms with Gasteiger partial charge in [0.2, 0.25) is 0 Å². The third kappa shape index (κ3) is 4.40. The lowest BCUT2D eigenvalue weighted by Gasteiger charge is -2.35. The molecule has 1 fully saturated rings. The van der Waals surface area contributed by atoms with Crippen LogP contribution in [-0.4, -0.2) is 48.5 Å². The van der Waals surface area contributed by atoms with Gasteiger partial charge in [0, 0.05) is 26.2 Å². The standard InChI is InChI=1S/C13H27NO2/c1-5-13(3,15)10-14(8-9-16-4)11(2)12-6-7-12/h11-12,15H,5-10H2,1-4H3. The van der Waals surface area contributed by atoms with Gasteiger partial charge in [-0.05, 0) is 39.0 Å². The minimum Gasteiger partial charge on any atom is -0.389 e. The van der Waals surface area contributed by atoms with E-state index in [1.54, 1.807) is 7.11 Å². The van der Waals surface area contributed by atoms with Crippen LogP contribution < -0.4 is 0 Å². The third-order valence-corrected chi connectivity index (χ3v) is 3.77. The SMILES string of the molecule is CCC(C)(O)CN(CCOC)C(C)C1CC1. The molecule has 0 aromatic rings. The molecule has 0 heterocycles. The fraction of sp³-hybridized carbons (Fsp3) is 1.00. The zero-order chi connectivity index (χ0) is 12.2. The zero-order valence-corrected chi connectivity index (χ0v) is 11.2. The van der Waals surface area contributed by atoms with Crippen LogP contribution in [0.1, 0.15) is 40.0 Å². The van der Waals surface area contributed by atoms with Crippen molar-refractivity contribution in [3.63, 3.8) is 0 Å². The minimum absolute atomic E-state index is 0.573. The Balaban J connectivity index is 2.48. The van der Waals surface area contributed by atoms with Crippen LogP contribution in [0.15, 0.2) is 0 Å². The van der Waals surface area contributed by atoms with Gasteiger partial charge < -0.3 is 9.84 Å². The number of hydrogen-bond acceptors (Lipinski definition) is 3. The van der Waals surface area contributed by atoms with Crippen LogP contribution in [0, 0.1) is 5.92 Å². The second kappa shape index (κ2) is 5.99. The maximum absolute atomic E-state index is 10.2. The highest BCUT2D eigenvalue weighted by atomic mass is 16.5. The van der Waals surface area contributed by atoms with Crippen LogP contribution in [0.4, 0.5) is 0 Å². The fourth-order valence-corrected chi connectivity index (χ4v) is 2.06. The largest absolute Gasteiger partial charge is 0.389 e. The number of methoxy groups -OCH3 is 1. The summed E-state index contributed by atoms with van der Waals surface area (Å²) in [6.07, 6.45) is 3.49. The summed E-state index contributed by atoms with van der Waals surface area (Å²) < 4.78 is 5.15. The average Bonchev–Trinajstić information content (AvgIpc) is 3.07. The highest BCUT2D eigenvalue weighted by Crippen LogP contribution is 2.35. The second-order valence-corrected chi connectivity index (χ2v) is 5.39. The van der Waals surface area contributed by atoms with E-state index in [1.807, 2.05) is 13.8 Å². The van der Waals surface area contributed by atoms with Gasteiger partial charge in [-0.2, -0.15) is 0 Å². The molecule has 0 bridgehead atoms. The molecule has 3 nitrogen and oxygen atoms in total. The monoisotopic (exact) mass is 229 g/mol. The summed E-state index contributed by atoms with van der Waals surface area (Å²) in [6, 6.07) is 0.577. The lowest BCUT2D eigenvalue weighted by atomic mass is 10.0. The molecule has 2 atom stereocenters. The van der Waals surface area contributed by atoms with Crippen LogP contribution >= 0.6 is 0 Å². The van der Waals surface area contributed by atoms with Crippen molar-refractivity contribution in [3.05, 3.63) is 0 Å². The number of rotatable bonds is 8. The summed E-state index contributed by atoms with van der Waals surface area (Å²) in [5.74, 6) is 0.838. The van der Waals surface area contributed by atoms with E-state index in [4.69, 9.17) is 4.74 Å². The summed E-state index contributed by atoms with van der Waals surface area (Å²) in [5, 5.41) is 10.2. The van der Waals surface area contributed by atoms with Gasteiger partial charge in [0.15, 0.2) is 0 Å². The molecule has 1 N–H and O–H groups in total. The first-order chi connectivity index (χ1) is 7.50. The van der Waals surface area contributed by atoms with Gasteiger partial charge in [0.05, 0.1) is 12.2 Å². The van der Waals surface area contributed by atoms with Gasteiger partial charge in [0.25, 0.3) is 0 Å². The second-order valence-electron chi connectivity index (χ2n) is 5.39. The van der Waals surface area contributed by atoms with Gasteiger partial charge in [-0.3, -0.25) is 4.90 Å². The highest BCUT2D eigenvalue weighted by Gasteiger charge is 2.34. The number of aliphatic hydroxyl groups is 1. The zero-order valence-electron chi connectivity index (χ0n) is 11.2. The first-order valence-electron chi connectivity index (χ1n) is 6.45. The molecule has 1 saturated carbocycles. The molecule has 96 valence electrons. The van der Waals surface area contributed by atoms with Crippen LogP contribution in [0.2, 0.25) is 0 Å². The van der Waals surface area contributed by atoms with Crippen molar-refractivity contribution in [2.45, 2.75) is 51.7 Å². The van der Waals surface area contributed by atoms with Crippen molar-refractivity contribution in [1.29, 1.82) is 0 Å². The molecule has 0 aromatic heterocycles.